The summed E-state index contributed by atoms with van der Waals surface area (Å²) in [5.41, 5.74) is -0.710. The van der Waals surface area contributed by atoms with Gasteiger partial charge < -0.3 is 46.6 Å². The molecule has 8 rings (SSSR count). The number of aromatic amines is 2. The monoisotopic (exact) mass is 1100 g/mol. The highest BCUT2D eigenvalue weighted by Crippen LogP contribution is 2.55. The molecule has 3 aliphatic rings. The number of ether oxygens (including phenoxy) is 5. The average molecular weight is 1100 g/mol. The molecule has 3 fully saturated rings. The first-order valence-corrected chi connectivity index (χ1v) is 31.0. The molecule has 19 nitrogen and oxygen atoms in total. The normalized spacial score (nSPS) is 22.9. The minimum Gasteiger partial charge on any atom is -0.497 e. The van der Waals surface area contributed by atoms with Crippen LogP contribution in [0.1, 0.15) is 93.7 Å². The van der Waals surface area contributed by atoms with E-state index in [0.29, 0.717) is 30.0 Å². The van der Waals surface area contributed by atoms with Crippen molar-refractivity contribution in [1.29, 1.82) is 0 Å². The number of aryl methyl sites for hydroxylation is 2. The summed E-state index contributed by atoms with van der Waals surface area (Å²) in [7, 11) is 0.706. The standard InChI is InChI=1S/C54H70N5O14PSSi/c1-34-29-58(51(63)55-49(34)61)47-27-43(45(70-47)32-67-54(37-15-12-11-13-16-37,38-18-22-41(65-7)23-19-38)39-20-24-42(66-8)25-21-39)72-74(75,68-31-40-17-14-26-57(40)36(3)60)69-33-46-44(73-76(9,10)53(4,5)6)28-48(71-46)59-30-35(2)50(62)56-52(59)64/h11-13,15-16,18-25,29-30,40,43-48H,14,17,26-28,31-33H2,1-10H3,(H,55,61,63)(H,56,62,64)/t40-,43-,44-,45+,46+,47+,48+,74?/m0/s1. The van der Waals surface area contributed by atoms with E-state index >= 15 is 0 Å². The number of nitrogens with zero attached hydrogens (tertiary/aromatic N) is 3. The molecule has 410 valence electrons. The molecule has 2 aromatic heterocycles. The van der Waals surface area contributed by atoms with Crippen LogP contribution >= 0.6 is 6.72 Å². The van der Waals surface area contributed by atoms with E-state index in [1.165, 1.54) is 28.5 Å². The fourth-order valence-corrected chi connectivity index (χ4v) is 13.2. The first kappa shape index (κ1) is 56.9. The molecule has 0 radical (unpaired) electrons. The lowest BCUT2D eigenvalue weighted by Crippen LogP contribution is -2.46. The Hall–Kier alpha value is -5.32. The highest BCUT2D eigenvalue weighted by Gasteiger charge is 2.49. The van der Waals surface area contributed by atoms with Gasteiger partial charge in [-0.1, -0.05) is 75.4 Å². The topological polar surface area (TPSA) is 213 Å². The number of carbonyl (C=O) groups excluding carboxylic acids is 1. The van der Waals surface area contributed by atoms with Crippen LogP contribution in [0.25, 0.3) is 0 Å². The zero-order valence-corrected chi connectivity index (χ0v) is 47.5. The summed E-state index contributed by atoms with van der Waals surface area (Å²) in [5, 5.41) is -0.200. The number of hydrogen-bond acceptors (Lipinski definition) is 15. The molecule has 3 aromatic carbocycles. The number of likely N-dealkylation sites (tertiary alicyclic amines) is 1. The maximum absolute atomic E-state index is 13.6. The molecule has 1 amide bonds. The van der Waals surface area contributed by atoms with Gasteiger partial charge in [0.25, 0.3) is 11.1 Å². The van der Waals surface area contributed by atoms with Gasteiger partial charge >= 0.3 is 18.1 Å². The van der Waals surface area contributed by atoms with E-state index in [4.69, 9.17) is 53.5 Å². The van der Waals surface area contributed by atoms with Crippen molar-refractivity contribution < 1.29 is 46.5 Å². The largest absolute Gasteiger partial charge is 0.497 e. The molecule has 76 heavy (non-hydrogen) atoms. The fourth-order valence-electron chi connectivity index (χ4n) is 9.74. The van der Waals surface area contributed by atoms with Crippen LogP contribution < -0.4 is 32.0 Å². The van der Waals surface area contributed by atoms with Crippen molar-refractivity contribution in [2.75, 3.05) is 40.6 Å². The Kier molecular flexibility index (Phi) is 17.5. The molecular formula is C54H70N5O14PSSi. The van der Waals surface area contributed by atoms with Crippen LogP contribution in [-0.4, -0.2) is 109 Å². The van der Waals surface area contributed by atoms with E-state index in [1.54, 1.807) is 33.0 Å². The quantitative estimate of drug-likeness (QED) is 0.0443. The second kappa shape index (κ2) is 23.3. The number of carbonyl (C=O) groups is 1. The minimum atomic E-state index is -3.95. The van der Waals surface area contributed by atoms with Crippen molar-refractivity contribution >= 4 is 32.8 Å². The molecule has 0 bridgehead atoms. The van der Waals surface area contributed by atoms with Gasteiger partial charge in [0, 0.05) is 49.8 Å². The van der Waals surface area contributed by atoms with Crippen LogP contribution in [0.15, 0.2) is 110 Å². The van der Waals surface area contributed by atoms with Gasteiger partial charge in [0.05, 0.1) is 52.3 Å². The third-order valence-electron chi connectivity index (χ3n) is 15.0. The summed E-state index contributed by atoms with van der Waals surface area (Å²) in [6, 6.07) is 24.6. The molecule has 1 unspecified atom stereocenters. The number of hydrogen-bond donors (Lipinski definition) is 2. The molecule has 0 saturated carbocycles. The zero-order valence-electron chi connectivity index (χ0n) is 44.8. The number of rotatable bonds is 20. The number of H-pyrrole nitrogens is 2. The Balaban J connectivity index is 1.18. The molecule has 0 spiro atoms. The fraction of sp³-hybridized carbons (Fsp3) is 0.500. The number of methoxy groups -OCH3 is 2. The van der Waals surface area contributed by atoms with Crippen molar-refractivity contribution in [3.8, 4) is 11.5 Å². The summed E-state index contributed by atoms with van der Waals surface area (Å²) in [6.07, 6.45) is -0.511. The van der Waals surface area contributed by atoms with Crippen molar-refractivity contribution in [2.45, 2.75) is 134 Å². The second-order valence-electron chi connectivity index (χ2n) is 21.1. The van der Waals surface area contributed by atoms with Crippen LogP contribution in [0.3, 0.4) is 0 Å². The third-order valence-corrected chi connectivity index (χ3v) is 21.9. The molecule has 0 aliphatic carbocycles. The Morgan fingerprint density at radius 1 is 0.724 bits per heavy atom. The highest BCUT2D eigenvalue weighted by molar-refractivity contribution is 8.07. The van der Waals surface area contributed by atoms with E-state index in [-0.39, 0.29) is 55.2 Å². The number of amides is 1. The van der Waals surface area contributed by atoms with E-state index in [9.17, 15) is 24.0 Å². The van der Waals surface area contributed by atoms with Gasteiger partial charge in [0.1, 0.15) is 41.8 Å². The van der Waals surface area contributed by atoms with Gasteiger partial charge in [0.2, 0.25) is 5.91 Å². The molecule has 8 atom stereocenters. The molecular weight excluding hydrogens is 1030 g/mol. The van der Waals surface area contributed by atoms with E-state index in [0.717, 1.165) is 23.1 Å². The van der Waals surface area contributed by atoms with Crippen molar-refractivity contribution in [1.82, 2.24) is 24.0 Å². The van der Waals surface area contributed by atoms with Gasteiger partial charge in [0.15, 0.2) is 8.32 Å². The molecule has 5 heterocycles. The van der Waals surface area contributed by atoms with Crippen LogP contribution in [0, 0.1) is 13.8 Å². The second-order valence-corrected chi connectivity index (χ2v) is 28.8. The van der Waals surface area contributed by atoms with Gasteiger partial charge in [-0.05, 0) is 97.6 Å². The van der Waals surface area contributed by atoms with E-state index in [2.05, 4.69) is 43.8 Å². The highest BCUT2D eigenvalue weighted by atomic mass is 32.5. The first-order chi connectivity index (χ1) is 36.0. The maximum Gasteiger partial charge on any atom is 0.330 e. The predicted octanol–water partition coefficient (Wildman–Crippen LogP) is 7.35. The van der Waals surface area contributed by atoms with E-state index < -0.39 is 80.0 Å². The summed E-state index contributed by atoms with van der Waals surface area (Å²) >= 11 is 6.42. The predicted molar refractivity (Wildman–Crippen MR) is 291 cm³/mol. The smallest absolute Gasteiger partial charge is 0.330 e. The minimum absolute atomic E-state index is 0.0102. The van der Waals surface area contributed by atoms with Crippen molar-refractivity contribution in [2.24, 2.45) is 0 Å². The number of benzene rings is 3. The summed E-state index contributed by atoms with van der Waals surface area (Å²) in [6.45, 7) is 11.6. The summed E-state index contributed by atoms with van der Waals surface area (Å²) in [4.78, 5) is 71.3. The van der Waals surface area contributed by atoms with Crippen molar-refractivity contribution in [3.63, 3.8) is 0 Å². The van der Waals surface area contributed by atoms with Crippen molar-refractivity contribution in [3.05, 3.63) is 161 Å². The lowest BCUT2D eigenvalue weighted by Gasteiger charge is -2.39. The van der Waals surface area contributed by atoms with Gasteiger partial charge in [-0.15, -0.1) is 0 Å². The van der Waals surface area contributed by atoms with Gasteiger partial charge in [-0.2, -0.15) is 0 Å². The Bertz CT molecular complexity index is 3080. The Morgan fingerprint density at radius 2 is 1.21 bits per heavy atom. The number of nitrogens with one attached hydrogen (secondary N) is 2. The van der Waals surface area contributed by atoms with Gasteiger partial charge in [-0.25, -0.2) is 9.59 Å². The Morgan fingerprint density at radius 3 is 1.71 bits per heavy atom. The van der Waals surface area contributed by atoms with Crippen LogP contribution in [0.4, 0.5) is 0 Å². The SMILES string of the molecule is COc1ccc(C(OC[C@H]2O[C@@H](n3cc(C)c(=O)[nH]c3=O)C[C@@H]2OP(=S)(OC[C@@H]2CCCN2C(C)=O)OC[C@H]2O[C@@H](n3cc(C)c(=O)[nH]c3=O)C[C@@H]2O[Si](C)(C)C(C)(C)C)(c2ccccc2)c2ccc(OC)cc2)cc1. The van der Waals surface area contributed by atoms with Crippen LogP contribution in [-0.2, 0) is 54.4 Å². The Labute approximate surface area is 448 Å². The summed E-state index contributed by atoms with van der Waals surface area (Å²) < 4.78 is 62.1. The maximum atomic E-state index is 13.6. The van der Waals surface area contributed by atoms with Gasteiger partial charge in [-0.3, -0.25) is 33.5 Å². The molecule has 5 aromatic rings. The lowest BCUT2D eigenvalue weighted by atomic mass is 9.80. The van der Waals surface area contributed by atoms with Crippen LogP contribution in [0.5, 0.6) is 11.5 Å². The first-order valence-electron chi connectivity index (χ1n) is 25.5. The molecule has 3 saturated heterocycles. The molecule has 3 aliphatic heterocycles. The third kappa shape index (κ3) is 12.3. The summed E-state index contributed by atoms with van der Waals surface area (Å²) in [5.74, 6) is 1.18. The van der Waals surface area contributed by atoms with E-state index in [1.807, 2.05) is 78.9 Å². The zero-order chi connectivity index (χ0) is 54.7. The molecule has 2 N–H and O–H groups in total. The molecule has 22 heteroatoms. The number of aromatic nitrogens is 4. The van der Waals surface area contributed by atoms with Crippen LogP contribution in [0.2, 0.25) is 18.1 Å². The lowest BCUT2D eigenvalue weighted by molar-refractivity contribution is -0.130. The average Bonchev–Trinajstić information content (AvgIpc) is 4.15.